The smallest absolute Gasteiger partial charge is 0.132 e. The summed E-state index contributed by atoms with van der Waals surface area (Å²) >= 11 is 7.79. The van der Waals surface area contributed by atoms with E-state index in [4.69, 9.17) is 11.6 Å². The number of nitrogens with zero attached hydrogens (tertiary/aromatic N) is 2. The molecule has 0 unspecified atom stereocenters. The van der Waals surface area contributed by atoms with Crippen LogP contribution in [-0.4, -0.2) is 9.97 Å². The van der Waals surface area contributed by atoms with Crippen LogP contribution in [0.1, 0.15) is 5.69 Å². The van der Waals surface area contributed by atoms with E-state index >= 15 is 0 Å². The van der Waals surface area contributed by atoms with E-state index < -0.39 is 0 Å². The van der Waals surface area contributed by atoms with Gasteiger partial charge < -0.3 is 0 Å². The second-order valence-electron chi connectivity index (χ2n) is 1.47. The van der Waals surface area contributed by atoms with E-state index in [9.17, 15) is 0 Å². The number of aromatic nitrogens is 2. The zero-order valence-corrected chi connectivity index (χ0v) is 7.43. The molecule has 2 nitrogen and oxygen atoms in total. The number of hydrogen-bond acceptors (Lipinski definition) is 2. The second kappa shape index (κ2) is 3.31. The Morgan fingerprint density at radius 3 is 2.78 bits per heavy atom. The molecule has 0 spiro atoms. The Bertz CT molecular complexity index is 204. The van der Waals surface area contributed by atoms with Crippen LogP contribution in [0.5, 0.6) is 0 Å². The van der Waals surface area contributed by atoms with Gasteiger partial charge in [0.05, 0.1) is 5.69 Å². The molecule has 1 aromatic heterocycles. The number of hydrogen-bond donors (Lipinski definition) is 0. The van der Waals surface area contributed by atoms with Crippen LogP contribution in [-0.2, 0) is 4.43 Å². The first-order chi connectivity index (χ1) is 4.33. The third-order valence-electron chi connectivity index (χ3n) is 0.827. The predicted molar refractivity (Wildman–Crippen MR) is 44.8 cm³/mol. The fourth-order valence-corrected chi connectivity index (χ4v) is 1.03. The molecule has 0 saturated heterocycles. The maximum atomic E-state index is 5.57. The van der Waals surface area contributed by atoms with Crippen molar-refractivity contribution in [2.24, 2.45) is 0 Å². The van der Waals surface area contributed by atoms with E-state index in [0.29, 0.717) is 5.15 Å². The van der Waals surface area contributed by atoms with Crippen molar-refractivity contribution >= 4 is 34.2 Å². The topological polar surface area (TPSA) is 25.8 Å². The van der Waals surface area contributed by atoms with Gasteiger partial charge in [-0.1, -0.05) is 34.2 Å². The lowest BCUT2D eigenvalue weighted by Crippen LogP contribution is -1.84. The molecule has 0 aliphatic heterocycles. The maximum Gasteiger partial charge on any atom is 0.132 e. The molecule has 1 rings (SSSR count). The lowest BCUT2D eigenvalue weighted by atomic mass is 10.5. The summed E-state index contributed by atoms with van der Waals surface area (Å²) in [6.45, 7) is 0. The van der Waals surface area contributed by atoms with Gasteiger partial charge in [-0.3, -0.25) is 0 Å². The zero-order valence-electron chi connectivity index (χ0n) is 4.51. The number of halogens is 2. The zero-order chi connectivity index (χ0) is 6.69. The molecule has 1 heterocycles. The van der Waals surface area contributed by atoms with Crippen LogP contribution in [0.4, 0.5) is 0 Å². The summed E-state index contributed by atoms with van der Waals surface area (Å²) < 4.78 is 0.875. The summed E-state index contributed by atoms with van der Waals surface area (Å²) in [5.41, 5.74) is 0.968. The molecule has 0 bridgehead atoms. The van der Waals surface area contributed by atoms with E-state index in [-0.39, 0.29) is 0 Å². The molecule has 1 aromatic rings. The SMILES string of the molecule is Clc1cc(CI)ncn1. The van der Waals surface area contributed by atoms with Crippen molar-refractivity contribution in [3.63, 3.8) is 0 Å². The lowest BCUT2D eigenvalue weighted by molar-refractivity contribution is 1.10. The highest BCUT2D eigenvalue weighted by molar-refractivity contribution is 14.1. The van der Waals surface area contributed by atoms with Crippen molar-refractivity contribution in [1.82, 2.24) is 9.97 Å². The normalized spacial score (nSPS) is 9.56. The molecule has 0 radical (unpaired) electrons. The first-order valence-electron chi connectivity index (χ1n) is 2.35. The van der Waals surface area contributed by atoms with Gasteiger partial charge in [-0.2, -0.15) is 0 Å². The van der Waals surface area contributed by atoms with Gasteiger partial charge in [-0.15, -0.1) is 0 Å². The van der Waals surface area contributed by atoms with Gasteiger partial charge in [0.25, 0.3) is 0 Å². The van der Waals surface area contributed by atoms with Gasteiger partial charge >= 0.3 is 0 Å². The molecular weight excluding hydrogens is 250 g/mol. The Balaban J connectivity index is 2.94. The predicted octanol–water partition coefficient (Wildman–Crippen LogP) is 2.06. The molecule has 4 heteroatoms. The molecule has 9 heavy (non-hydrogen) atoms. The van der Waals surface area contributed by atoms with Crippen molar-refractivity contribution < 1.29 is 0 Å². The summed E-state index contributed by atoms with van der Waals surface area (Å²) in [5, 5.41) is 0.511. The fourth-order valence-electron chi connectivity index (χ4n) is 0.443. The van der Waals surface area contributed by atoms with Gasteiger partial charge in [-0.05, 0) is 6.07 Å². The minimum absolute atomic E-state index is 0.511. The van der Waals surface area contributed by atoms with Gasteiger partial charge in [0, 0.05) is 4.43 Å². The van der Waals surface area contributed by atoms with Crippen molar-refractivity contribution in [3.05, 3.63) is 23.2 Å². The van der Waals surface area contributed by atoms with Gasteiger partial charge in [-0.25, -0.2) is 9.97 Å². The monoisotopic (exact) mass is 254 g/mol. The van der Waals surface area contributed by atoms with E-state index in [0.717, 1.165) is 10.1 Å². The van der Waals surface area contributed by atoms with Crippen LogP contribution < -0.4 is 0 Å². The molecule has 0 fully saturated rings. The molecule has 0 aliphatic rings. The van der Waals surface area contributed by atoms with Crippen LogP contribution in [0.2, 0.25) is 5.15 Å². The summed E-state index contributed by atoms with van der Waals surface area (Å²) in [6.07, 6.45) is 1.47. The average Bonchev–Trinajstić information content (AvgIpc) is 1.88. The van der Waals surface area contributed by atoms with Crippen molar-refractivity contribution in [3.8, 4) is 0 Å². The highest BCUT2D eigenvalue weighted by Gasteiger charge is 1.91. The quantitative estimate of drug-likeness (QED) is 0.435. The van der Waals surface area contributed by atoms with Crippen LogP contribution in [0.3, 0.4) is 0 Å². The third-order valence-corrected chi connectivity index (χ3v) is 1.82. The van der Waals surface area contributed by atoms with Gasteiger partial charge in [0.15, 0.2) is 0 Å². The molecule has 0 aliphatic carbocycles. The molecule has 0 amide bonds. The maximum absolute atomic E-state index is 5.57. The minimum atomic E-state index is 0.511. The molecule has 48 valence electrons. The van der Waals surface area contributed by atoms with E-state index in [1.165, 1.54) is 6.33 Å². The Hall–Kier alpha value is 0.1000. The van der Waals surface area contributed by atoms with Crippen molar-refractivity contribution in [2.75, 3.05) is 0 Å². The van der Waals surface area contributed by atoms with Crippen molar-refractivity contribution in [2.45, 2.75) is 4.43 Å². The Morgan fingerprint density at radius 1 is 1.56 bits per heavy atom. The standard InChI is InChI=1S/C5H4ClIN2/c6-5-1-4(2-7)8-3-9-5/h1,3H,2H2. The highest BCUT2D eigenvalue weighted by Crippen LogP contribution is 2.06. The minimum Gasteiger partial charge on any atom is -0.240 e. The Labute approximate surface area is 71.8 Å². The van der Waals surface area contributed by atoms with Gasteiger partial charge in [0.1, 0.15) is 11.5 Å². The van der Waals surface area contributed by atoms with E-state index in [1.807, 2.05) is 0 Å². The van der Waals surface area contributed by atoms with Crippen LogP contribution in [0, 0.1) is 0 Å². The molecule has 0 saturated carbocycles. The van der Waals surface area contributed by atoms with E-state index in [1.54, 1.807) is 6.07 Å². The van der Waals surface area contributed by atoms with Crippen LogP contribution in [0.25, 0.3) is 0 Å². The van der Waals surface area contributed by atoms with Gasteiger partial charge in [0.2, 0.25) is 0 Å². The molecule has 0 atom stereocenters. The number of rotatable bonds is 1. The summed E-state index contributed by atoms with van der Waals surface area (Å²) in [6, 6.07) is 1.76. The average molecular weight is 254 g/mol. The Kier molecular flexibility index (Phi) is 2.65. The molecule has 0 aromatic carbocycles. The summed E-state index contributed by atoms with van der Waals surface area (Å²) in [5.74, 6) is 0. The number of alkyl halides is 1. The first-order valence-corrected chi connectivity index (χ1v) is 4.25. The fraction of sp³-hybridized carbons (Fsp3) is 0.200. The summed E-state index contributed by atoms with van der Waals surface area (Å²) in [4.78, 5) is 7.69. The summed E-state index contributed by atoms with van der Waals surface area (Å²) in [7, 11) is 0. The van der Waals surface area contributed by atoms with Crippen LogP contribution in [0.15, 0.2) is 12.4 Å². The highest BCUT2D eigenvalue weighted by atomic mass is 127. The van der Waals surface area contributed by atoms with Crippen molar-refractivity contribution in [1.29, 1.82) is 0 Å². The Morgan fingerprint density at radius 2 is 2.33 bits per heavy atom. The second-order valence-corrected chi connectivity index (χ2v) is 2.62. The molecular formula is C5H4ClIN2. The largest absolute Gasteiger partial charge is 0.240 e. The van der Waals surface area contributed by atoms with E-state index in [2.05, 4.69) is 32.6 Å². The lowest BCUT2D eigenvalue weighted by Gasteiger charge is -1.91. The molecule has 0 N–H and O–H groups in total. The first kappa shape index (κ1) is 7.21. The van der Waals surface area contributed by atoms with Crippen LogP contribution >= 0.6 is 34.2 Å². The third kappa shape index (κ3) is 2.06.